The van der Waals surface area contributed by atoms with Crippen molar-refractivity contribution in [3.05, 3.63) is 18.7 Å². The van der Waals surface area contributed by atoms with Gasteiger partial charge in [0.15, 0.2) is 0 Å². The smallest absolute Gasteiger partial charge is 0.330 e. The van der Waals surface area contributed by atoms with E-state index in [1.54, 1.807) is 6.92 Å². The van der Waals surface area contributed by atoms with Crippen LogP contribution in [0.15, 0.2) is 18.7 Å². The van der Waals surface area contributed by atoms with Gasteiger partial charge in [0.05, 0.1) is 0 Å². The molecule has 0 saturated carbocycles. The van der Waals surface area contributed by atoms with Gasteiger partial charge in [-0.25, -0.2) is 14.5 Å². The molecule has 1 heterocycles. The Hall–Kier alpha value is -1.65. The molecule has 0 saturated heterocycles. The van der Waals surface area contributed by atoms with Gasteiger partial charge in [0.25, 0.3) is 0 Å². The lowest BCUT2D eigenvalue weighted by Gasteiger charge is -1.95. The number of carboxylic acids is 1. The standard InChI is InChI=1S/C6H7N3O2/c1-5(2-6(10)11)9-4-7-3-8-9/h2-4H,1H3,(H,10,11). The van der Waals surface area contributed by atoms with Gasteiger partial charge in [0.1, 0.15) is 12.7 Å². The van der Waals surface area contributed by atoms with E-state index in [-0.39, 0.29) is 0 Å². The fourth-order valence-electron chi connectivity index (χ4n) is 0.635. The number of allylic oxidation sites excluding steroid dienone is 1. The van der Waals surface area contributed by atoms with Gasteiger partial charge in [0.2, 0.25) is 0 Å². The number of aliphatic carboxylic acids is 1. The molecule has 0 amide bonds. The Morgan fingerprint density at radius 1 is 1.73 bits per heavy atom. The largest absolute Gasteiger partial charge is 0.478 e. The second kappa shape index (κ2) is 2.96. The first-order valence-corrected chi connectivity index (χ1v) is 2.96. The number of rotatable bonds is 2. The first-order valence-electron chi connectivity index (χ1n) is 2.96. The molecule has 11 heavy (non-hydrogen) atoms. The summed E-state index contributed by atoms with van der Waals surface area (Å²) in [7, 11) is 0. The minimum atomic E-state index is -0.988. The van der Waals surface area contributed by atoms with E-state index in [0.717, 1.165) is 6.08 Å². The average molecular weight is 153 g/mol. The highest BCUT2D eigenvalue weighted by Crippen LogP contribution is 1.97. The number of nitrogens with zero attached hydrogens (tertiary/aromatic N) is 3. The zero-order chi connectivity index (χ0) is 8.27. The molecule has 0 fully saturated rings. The Balaban J connectivity index is 2.86. The Morgan fingerprint density at radius 3 is 2.91 bits per heavy atom. The fraction of sp³-hybridized carbons (Fsp3) is 0.167. The molecule has 0 aliphatic rings. The normalized spacial score (nSPS) is 11.5. The minimum absolute atomic E-state index is 0.523. The van der Waals surface area contributed by atoms with Crippen LogP contribution in [0.25, 0.3) is 5.70 Å². The molecule has 0 aliphatic heterocycles. The highest BCUT2D eigenvalue weighted by atomic mass is 16.4. The van der Waals surface area contributed by atoms with E-state index < -0.39 is 5.97 Å². The topological polar surface area (TPSA) is 68.0 Å². The van der Waals surface area contributed by atoms with E-state index in [0.29, 0.717) is 5.70 Å². The van der Waals surface area contributed by atoms with Crippen LogP contribution in [0.1, 0.15) is 6.92 Å². The molecule has 0 unspecified atom stereocenters. The molecule has 1 aromatic heterocycles. The quantitative estimate of drug-likeness (QED) is 0.617. The van der Waals surface area contributed by atoms with Gasteiger partial charge in [0, 0.05) is 11.8 Å². The lowest BCUT2D eigenvalue weighted by atomic mass is 10.4. The number of carbonyl (C=O) groups is 1. The van der Waals surface area contributed by atoms with Crippen molar-refractivity contribution in [3.8, 4) is 0 Å². The molecule has 5 nitrogen and oxygen atoms in total. The van der Waals surface area contributed by atoms with E-state index in [1.807, 2.05) is 0 Å². The Morgan fingerprint density at radius 2 is 2.45 bits per heavy atom. The Kier molecular flexibility index (Phi) is 2.00. The molecule has 0 radical (unpaired) electrons. The summed E-state index contributed by atoms with van der Waals surface area (Å²) in [6.45, 7) is 1.64. The molecule has 58 valence electrons. The number of hydrogen-bond acceptors (Lipinski definition) is 3. The van der Waals surface area contributed by atoms with Crippen LogP contribution in [0.5, 0.6) is 0 Å². The summed E-state index contributed by atoms with van der Waals surface area (Å²) in [5, 5.41) is 12.1. The molecular weight excluding hydrogens is 146 g/mol. The lowest BCUT2D eigenvalue weighted by Crippen LogP contribution is -1.97. The van der Waals surface area contributed by atoms with Crippen LogP contribution in [-0.4, -0.2) is 25.8 Å². The second-order valence-corrected chi connectivity index (χ2v) is 1.96. The molecular formula is C6H7N3O2. The van der Waals surface area contributed by atoms with Gasteiger partial charge < -0.3 is 5.11 Å². The summed E-state index contributed by atoms with van der Waals surface area (Å²) in [6.07, 6.45) is 3.85. The van der Waals surface area contributed by atoms with Crippen molar-refractivity contribution in [1.82, 2.24) is 14.8 Å². The van der Waals surface area contributed by atoms with Crippen molar-refractivity contribution in [2.75, 3.05) is 0 Å². The maximum absolute atomic E-state index is 10.2. The van der Waals surface area contributed by atoms with Gasteiger partial charge in [-0.3, -0.25) is 0 Å². The molecule has 1 aromatic rings. The van der Waals surface area contributed by atoms with Gasteiger partial charge in [-0.1, -0.05) is 0 Å². The van der Waals surface area contributed by atoms with Crippen LogP contribution in [0, 0.1) is 0 Å². The zero-order valence-corrected chi connectivity index (χ0v) is 5.93. The van der Waals surface area contributed by atoms with Crippen molar-refractivity contribution < 1.29 is 9.90 Å². The van der Waals surface area contributed by atoms with Gasteiger partial charge in [-0.15, -0.1) is 0 Å². The number of aromatic nitrogens is 3. The zero-order valence-electron chi connectivity index (χ0n) is 5.93. The molecule has 0 spiro atoms. The third kappa shape index (κ3) is 1.89. The molecule has 0 aromatic carbocycles. The van der Waals surface area contributed by atoms with Crippen molar-refractivity contribution >= 4 is 11.7 Å². The summed E-state index contributed by atoms with van der Waals surface area (Å²) < 4.78 is 1.38. The van der Waals surface area contributed by atoms with Crippen molar-refractivity contribution in [3.63, 3.8) is 0 Å². The van der Waals surface area contributed by atoms with Gasteiger partial charge in [-0.05, 0) is 6.92 Å². The monoisotopic (exact) mass is 153 g/mol. The van der Waals surface area contributed by atoms with Crippen molar-refractivity contribution in [2.45, 2.75) is 6.92 Å². The summed E-state index contributed by atoms with van der Waals surface area (Å²) in [5.41, 5.74) is 0.523. The van der Waals surface area contributed by atoms with E-state index in [1.165, 1.54) is 17.3 Å². The highest BCUT2D eigenvalue weighted by Gasteiger charge is 1.95. The molecule has 5 heteroatoms. The fourth-order valence-corrected chi connectivity index (χ4v) is 0.635. The SMILES string of the molecule is CC(=CC(=O)O)n1cncn1. The molecule has 1 N–H and O–H groups in total. The van der Waals surface area contributed by atoms with Crippen LogP contribution >= 0.6 is 0 Å². The van der Waals surface area contributed by atoms with Crippen LogP contribution in [0.2, 0.25) is 0 Å². The predicted molar refractivity (Wildman–Crippen MR) is 37.6 cm³/mol. The van der Waals surface area contributed by atoms with Crippen LogP contribution < -0.4 is 0 Å². The van der Waals surface area contributed by atoms with Crippen LogP contribution in [-0.2, 0) is 4.79 Å². The highest BCUT2D eigenvalue weighted by molar-refractivity contribution is 5.85. The maximum Gasteiger partial charge on any atom is 0.330 e. The van der Waals surface area contributed by atoms with E-state index in [9.17, 15) is 4.79 Å². The summed E-state index contributed by atoms with van der Waals surface area (Å²) in [4.78, 5) is 13.8. The van der Waals surface area contributed by atoms with Crippen LogP contribution in [0.3, 0.4) is 0 Å². The third-order valence-electron chi connectivity index (χ3n) is 1.11. The first kappa shape index (κ1) is 7.46. The second-order valence-electron chi connectivity index (χ2n) is 1.96. The number of hydrogen-bond donors (Lipinski definition) is 1. The van der Waals surface area contributed by atoms with E-state index in [4.69, 9.17) is 5.11 Å². The Labute approximate surface area is 63.0 Å². The molecule has 0 aliphatic carbocycles. The van der Waals surface area contributed by atoms with Crippen molar-refractivity contribution in [2.24, 2.45) is 0 Å². The molecule has 0 bridgehead atoms. The van der Waals surface area contributed by atoms with Gasteiger partial charge >= 0.3 is 5.97 Å². The number of carboxylic acid groups (broad SMARTS) is 1. The lowest BCUT2D eigenvalue weighted by molar-refractivity contribution is -0.131. The summed E-state index contributed by atoms with van der Waals surface area (Å²) in [6, 6.07) is 0. The van der Waals surface area contributed by atoms with Gasteiger partial charge in [-0.2, -0.15) is 5.10 Å². The third-order valence-corrected chi connectivity index (χ3v) is 1.11. The van der Waals surface area contributed by atoms with Crippen molar-refractivity contribution in [1.29, 1.82) is 0 Å². The van der Waals surface area contributed by atoms with E-state index in [2.05, 4.69) is 10.1 Å². The first-order chi connectivity index (χ1) is 5.20. The molecule has 1 rings (SSSR count). The Bertz CT molecular complexity index is 276. The van der Waals surface area contributed by atoms with Crippen LogP contribution in [0.4, 0.5) is 0 Å². The summed E-state index contributed by atoms with van der Waals surface area (Å²) >= 11 is 0. The average Bonchev–Trinajstić information content (AvgIpc) is 2.35. The summed E-state index contributed by atoms with van der Waals surface area (Å²) in [5.74, 6) is -0.988. The minimum Gasteiger partial charge on any atom is -0.478 e. The molecule has 0 atom stereocenters. The predicted octanol–water partition coefficient (Wildman–Crippen LogP) is 0.223. The van der Waals surface area contributed by atoms with E-state index >= 15 is 0 Å². The maximum atomic E-state index is 10.2.